The summed E-state index contributed by atoms with van der Waals surface area (Å²) in [6, 6.07) is 5.57. The summed E-state index contributed by atoms with van der Waals surface area (Å²) in [6.45, 7) is 2.94. The molecule has 0 atom stereocenters. The predicted octanol–water partition coefficient (Wildman–Crippen LogP) is 4.25. The zero-order valence-electron chi connectivity index (χ0n) is 15.9. The molecule has 1 aliphatic rings. The van der Waals surface area contributed by atoms with Crippen molar-refractivity contribution in [2.75, 3.05) is 18.6 Å². The smallest absolute Gasteiger partial charge is 0.338 e. The van der Waals surface area contributed by atoms with Crippen LogP contribution in [0.1, 0.15) is 49.4 Å². The number of hydrogen-bond acceptors (Lipinski definition) is 5. The molecule has 0 N–H and O–H groups in total. The first-order valence-electron chi connectivity index (χ1n) is 9.52. The molecule has 1 amide bonds. The zero-order chi connectivity index (χ0) is 19.2. The van der Waals surface area contributed by atoms with E-state index in [0.717, 1.165) is 53.0 Å². The quantitative estimate of drug-likeness (QED) is 0.673. The van der Waals surface area contributed by atoms with Crippen LogP contribution in [0.4, 0.5) is 0 Å². The second kappa shape index (κ2) is 9.55. The zero-order valence-corrected chi connectivity index (χ0v) is 17.5. The van der Waals surface area contributed by atoms with Gasteiger partial charge in [-0.1, -0.05) is 30.6 Å². The molecule has 1 aliphatic carbocycles. The molecule has 2 aromatic rings. The lowest BCUT2D eigenvalue weighted by molar-refractivity contribution is -0.122. The molecular formula is C20H26N2O3S2. The maximum absolute atomic E-state index is 12.7. The third kappa shape index (κ3) is 4.82. The van der Waals surface area contributed by atoms with E-state index in [0.29, 0.717) is 12.2 Å². The number of carbonyl (C=O) groups excluding carboxylic acids is 2. The van der Waals surface area contributed by atoms with Crippen LogP contribution < -0.4 is 4.80 Å². The Kier molecular flexibility index (Phi) is 7.13. The van der Waals surface area contributed by atoms with E-state index in [1.165, 1.54) is 17.8 Å². The van der Waals surface area contributed by atoms with Crippen molar-refractivity contribution in [3.63, 3.8) is 0 Å². The van der Waals surface area contributed by atoms with Crippen LogP contribution in [0.5, 0.6) is 0 Å². The van der Waals surface area contributed by atoms with E-state index in [4.69, 9.17) is 4.74 Å². The van der Waals surface area contributed by atoms with E-state index in [9.17, 15) is 9.59 Å². The van der Waals surface area contributed by atoms with Crippen molar-refractivity contribution in [3.05, 3.63) is 28.6 Å². The average molecular weight is 407 g/mol. The van der Waals surface area contributed by atoms with E-state index in [1.54, 1.807) is 24.8 Å². The van der Waals surface area contributed by atoms with Crippen molar-refractivity contribution in [3.8, 4) is 0 Å². The molecule has 27 heavy (non-hydrogen) atoms. The summed E-state index contributed by atoms with van der Waals surface area (Å²) in [5.41, 5.74) is 1.55. The number of nitrogens with zero attached hydrogens (tertiary/aromatic N) is 2. The van der Waals surface area contributed by atoms with Gasteiger partial charge in [0.15, 0.2) is 4.80 Å². The standard InChI is InChI=1S/C20H26N2O3S2/c1-3-25-19(24)15-9-10-16-17(13-15)27-20(22(16)11-12-26-2)21-18(23)14-7-5-4-6-8-14/h9-10,13-14H,3-8,11-12H2,1-2H3. The molecule has 1 heterocycles. The maximum Gasteiger partial charge on any atom is 0.338 e. The van der Waals surface area contributed by atoms with Gasteiger partial charge in [-0.3, -0.25) is 4.79 Å². The molecule has 7 heteroatoms. The first-order chi connectivity index (χ1) is 13.1. The van der Waals surface area contributed by atoms with Gasteiger partial charge in [0.05, 0.1) is 22.4 Å². The SMILES string of the molecule is CCOC(=O)c1ccc2c(c1)sc(=NC(=O)C1CCCCC1)n2CCSC. The number of ether oxygens (including phenoxy) is 1. The molecule has 1 aromatic heterocycles. The van der Waals surface area contributed by atoms with E-state index in [-0.39, 0.29) is 17.8 Å². The highest BCUT2D eigenvalue weighted by molar-refractivity contribution is 7.98. The van der Waals surface area contributed by atoms with E-state index in [1.807, 2.05) is 12.1 Å². The molecule has 0 saturated heterocycles. The monoisotopic (exact) mass is 406 g/mol. The minimum absolute atomic E-state index is 0.00442. The van der Waals surface area contributed by atoms with Crippen molar-refractivity contribution >= 4 is 45.2 Å². The van der Waals surface area contributed by atoms with Crippen molar-refractivity contribution in [1.82, 2.24) is 4.57 Å². The second-order valence-corrected chi connectivity index (χ2v) is 8.71. The Bertz CT molecular complexity index is 879. The molecule has 5 nitrogen and oxygen atoms in total. The third-order valence-corrected chi connectivity index (χ3v) is 6.51. The summed E-state index contributed by atoms with van der Waals surface area (Å²) in [5.74, 6) is 0.689. The minimum Gasteiger partial charge on any atom is -0.462 e. The summed E-state index contributed by atoms with van der Waals surface area (Å²) in [5, 5.41) is 0. The van der Waals surface area contributed by atoms with Gasteiger partial charge in [0.1, 0.15) is 0 Å². The van der Waals surface area contributed by atoms with Gasteiger partial charge < -0.3 is 9.30 Å². The lowest BCUT2D eigenvalue weighted by Gasteiger charge is -2.17. The van der Waals surface area contributed by atoms with Gasteiger partial charge >= 0.3 is 5.97 Å². The molecule has 146 valence electrons. The first kappa shape index (κ1) is 20.1. The number of fused-ring (bicyclic) bond motifs is 1. The van der Waals surface area contributed by atoms with Crippen LogP contribution in [0.15, 0.2) is 23.2 Å². The predicted molar refractivity (Wildman–Crippen MR) is 111 cm³/mol. The molecule has 0 spiro atoms. The third-order valence-electron chi connectivity index (χ3n) is 4.87. The Balaban J connectivity index is 2.00. The van der Waals surface area contributed by atoms with Gasteiger partial charge in [-0.05, 0) is 44.2 Å². The summed E-state index contributed by atoms with van der Waals surface area (Å²) in [4.78, 5) is 29.9. The van der Waals surface area contributed by atoms with Gasteiger partial charge in [0.25, 0.3) is 5.91 Å². The topological polar surface area (TPSA) is 60.7 Å². The van der Waals surface area contributed by atoms with Crippen LogP contribution in [0.2, 0.25) is 0 Å². The van der Waals surface area contributed by atoms with Crippen molar-refractivity contribution in [2.24, 2.45) is 10.9 Å². The lowest BCUT2D eigenvalue weighted by Crippen LogP contribution is -2.22. The van der Waals surface area contributed by atoms with Gasteiger partial charge in [-0.15, -0.1) is 0 Å². The van der Waals surface area contributed by atoms with Gasteiger partial charge in [-0.2, -0.15) is 16.8 Å². The number of esters is 1. The molecule has 0 bridgehead atoms. The van der Waals surface area contributed by atoms with Crippen LogP contribution in [0, 0.1) is 5.92 Å². The molecule has 3 rings (SSSR count). The molecule has 1 saturated carbocycles. The van der Waals surface area contributed by atoms with E-state index >= 15 is 0 Å². The number of carbonyl (C=O) groups is 2. The van der Waals surface area contributed by atoms with Gasteiger partial charge in [0, 0.05) is 18.2 Å². The fourth-order valence-corrected chi connectivity index (χ4v) is 4.90. The van der Waals surface area contributed by atoms with Crippen molar-refractivity contribution < 1.29 is 14.3 Å². The Labute approximate surface area is 167 Å². The molecule has 0 radical (unpaired) electrons. The van der Waals surface area contributed by atoms with Crippen LogP contribution in [0.25, 0.3) is 10.2 Å². The molecule has 1 aromatic carbocycles. The highest BCUT2D eigenvalue weighted by Gasteiger charge is 2.21. The lowest BCUT2D eigenvalue weighted by atomic mass is 9.89. The Hall–Kier alpha value is -1.60. The number of aryl methyl sites for hydroxylation is 1. The highest BCUT2D eigenvalue weighted by atomic mass is 32.2. The Morgan fingerprint density at radius 2 is 2.07 bits per heavy atom. The van der Waals surface area contributed by atoms with Crippen molar-refractivity contribution in [1.29, 1.82) is 0 Å². The Morgan fingerprint density at radius 1 is 1.30 bits per heavy atom. The van der Waals surface area contributed by atoms with Crippen LogP contribution >= 0.6 is 23.1 Å². The molecule has 0 unspecified atom stereocenters. The first-order valence-corrected chi connectivity index (χ1v) is 11.7. The molecule has 0 aliphatic heterocycles. The summed E-state index contributed by atoms with van der Waals surface area (Å²) in [7, 11) is 0. The number of hydrogen-bond donors (Lipinski definition) is 0. The fraction of sp³-hybridized carbons (Fsp3) is 0.550. The molecule has 1 fully saturated rings. The van der Waals surface area contributed by atoms with E-state index < -0.39 is 0 Å². The number of aromatic nitrogens is 1. The Morgan fingerprint density at radius 3 is 2.78 bits per heavy atom. The normalized spacial score (nSPS) is 16.0. The van der Waals surface area contributed by atoms with Crippen LogP contribution in [-0.2, 0) is 16.1 Å². The largest absolute Gasteiger partial charge is 0.462 e. The number of thioether (sulfide) groups is 1. The van der Waals surface area contributed by atoms with E-state index in [2.05, 4.69) is 15.8 Å². The fourth-order valence-electron chi connectivity index (χ4n) is 3.43. The summed E-state index contributed by atoms with van der Waals surface area (Å²) < 4.78 is 8.16. The van der Waals surface area contributed by atoms with Gasteiger partial charge in [0.2, 0.25) is 0 Å². The molecular weight excluding hydrogens is 380 g/mol. The average Bonchev–Trinajstić information content (AvgIpc) is 3.03. The summed E-state index contributed by atoms with van der Waals surface area (Å²) >= 11 is 3.24. The number of thiazole rings is 1. The van der Waals surface area contributed by atoms with Crippen molar-refractivity contribution in [2.45, 2.75) is 45.6 Å². The van der Waals surface area contributed by atoms with Crippen LogP contribution in [-0.4, -0.2) is 35.1 Å². The highest BCUT2D eigenvalue weighted by Crippen LogP contribution is 2.25. The summed E-state index contributed by atoms with van der Waals surface area (Å²) in [6.07, 6.45) is 7.42. The second-order valence-electron chi connectivity index (χ2n) is 6.72. The minimum atomic E-state index is -0.319. The maximum atomic E-state index is 12.7. The number of benzene rings is 1. The number of amides is 1. The number of rotatable bonds is 6. The van der Waals surface area contributed by atoms with Gasteiger partial charge in [-0.25, -0.2) is 4.79 Å². The van der Waals surface area contributed by atoms with Crippen LogP contribution in [0.3, 0.4) is 0 Å².